The summed E-state index contributed by atoms with van der Waals surface area (Å²) in [5.41, 5.74) is 1.83. The molecule has 5 amide bonds. The van der Waals surface area contributed by atoms with E-state index in [-0.39, 0.29) is 49.9 Å². The number of hydrogen-bond acceptors (Lipinski definition) is 7. The minimum atomic E-state index is -0.504. The van der Waals surface area contributed by atoms with Crippen molar-refractivity contribution in [1.82, 2.24) is 9.80 Å². The molecule has 4 aromatic rings. The summed E-state index contributed by atoms with van der Waals surface area (Å²) in [5.74, 6) is 0.949. The highest BCUT2D eigenvalue weighted by molar-refractivity contribution is 6.07. The summed E-state index contributed by atoms with van der Waals surface area (Å²) < 4.78 is 17.2. The summed E-state index contributed by atoms with van der Waals surface area (Å²) in [4.78, 5) is 43.2. The molecule has 2 heterocycles. The van der Waals surface area contributed by atoms with E-state index in [0.717, 1.165) is 10.8 Å². The van der Waals surface area contributed by atoms with Crippen molar-refractivity contribution in [3.05, 3.63) is 84.4 Å². The summed E-state index contributed by atoms with van der Waals surface area (Å²) in [5, 5.41) is 20.5. The number of nitrogens with one attached hydrogen (secondary N) is 3. The summed E-state index contributed by atoms with van der Waals surface area (Å²) in [6.45, 7) is 4.10. The number of aliphatic hydroxyl groups is 1. The molecule has 12 heteroatoms. The average Bonchev–Trinajstić information content (AvgIpc) is 3.54. The highest BCUT2D eigenvalue weighted by Crippen LogP contribution is 2.35. The van der Waals surface area contributed by atoms with Crippen molar-refractivity contribution in [2.75, 3.05) is 49.5 Å². The van der Waals surface area contributed by atoms with Gasteiger partial charge >= 0.3 is 12.1 Å². The molecule has 0 bridgehead atoms. The van der Waals surface area contributed by atoms with Gasteiger partial charge in [-0.05, 0) is 48.7 Å². The standard InChI is InChI=1S/C35H37N5O7/c1-21-17-40(22(2)19-41)33(42)27-15-24(36-34(43)38-28-10-6-8-23-7-4-5-9-26(23)28)11-13-29(27)47-32(21)18-39(3)35(44)37-25-12-14-30-31(16-25)46-20-45-30/h4-16,21-22,32,41H,17-20H2,1-3H3,(H,37,44)(H2,36,38,43)/t21-,22+,32-/m1/s1. The molecule has 2 aliphatic heterocycles. The van der Waals surface area contributed by atoms with Gasteiger partial charge in [0.25, 0.3) is 5.91 Å². The third-order valence-electron chi connectivity index (χ3n) is 8.38. The third kappa shape index (κ3) is 6.87. The lowest BCUT2D eigenvalue weighted by atomic mass is 9.99. The highest BCUT2D eigenvalue weighted by Gasteiger charge is 2.34. The van der Waals surface area contributed by atoms with Crippen LogP contribution in [0.1, 0.15) is 24.2 Å². The van der Waals surface area contributed by atoms with E-state index in [1.54, 1.807) is 55.3 Å². The lowest BCUT2D eigenvalue weighted by Gasteiger charge is -2.38. The molecule has 47 heavy (non-hydrogen) atoms. The Bertz CT molecular complexity index is 1810. The van der Waals surface area contributed by atoms with E-state index in [2.05, 4.69) is 16.0 Å². The fourth-order valence-corrected chi connectivity index (χ4v) is 5.68. The van der Waals surface area contributed by atoms with Crippen LogP contribution in [0.3, 0.4) is 0 Å². The molecule has 0 radical (unpaired) electrons. The minimum absolute atomic E-state index is 0.134. The smallest absolute Gasteiger partial charge is 0.323 e. The maximum Gasteiger partial charge on any atom is 0.323 e. The van der Waals surface area contributed by atoms with Crippen LogP contribution in [0.4, 0.5) is 26.7 Å². The summed E-state index contributed by atoms with van der Waals surface area (Å²) in [6, 6.07) is 22.1. The van der Waals surface area contributed by atoms with Crippen LogP contribution in [0, 0.1) is 5.92 Å². The summed E-state index contributed by atoms with van der Waals surface area (Å²) >= 11 is 0. The van der Waals surface area contributed by atoms with Crippen LogP contribution >= 0.6 is 0 Å². The zero-order valence-electron chi connectivity index (χ0n) is 26.4. The van der Waals surface area contributed by atoms with Gasteiger partial charge < -0.3 is 45.1 Å². The van der Waals surface area contributed by atoms with E-state index in [1.807, 2.05) is 49.4 Å². The van der Waals surface area contributed by atoms with Crippen LogP contribution in [0.15, 0.2) is 78.9 Å². The highest BCUT2D eigenvalue weighted by atomic mass is 16.7. The lowest BCUT2D eigenvalue weighted by Crippen LogP contribution is -2.50. The van der Waals surface area contributed by atoms with Crippen LogP contribution in [0.2, 0.25) is 0 Å². The van der Waals surface area contributed by atoms with Gasteiger partial charge in [-0.15, -0.1) is 0 Å². The molecule has 0 unspecified atom stereocenters. The number of likely N-dealkylation sites (N-methyl/N-ethyl adjacent to an activating group) is 1. The molecule has 0 fully saturated rings. The Labute approximate surface area is 272 Å². The van der Waals surface area contributed by atoms with Gasteiger partial charge in [-0.25, -0.2) is 9.59 Å². The number of aliphatic hydroxyl groups excluding tert-OH is 1. The number of nitrogens with zero attached hydrogens (tertiary/aromatic N) is 2. The predicted molar refractivity (Wildman–Crippen MR) is 178 cm³/mol. The zero-order valence-corrected chi connectivity index (χ0v) is 26.4. The van der Waals surface area contributed by atoms with Crippen molar-refractivity contribution >= 4 is 45.8 Å². The van der Waals surface area contributed by atoms with Gasteiger partial charge in [0.15, 0.2) is 11.5 Å². The molecule has 0 aliphatic carbocycles. The van der Waals surface area contributed by atoms with Crippen LogP contribution in [-0.4, -0.2) is 78.6 Å². The van der Waals surface area contributed by atoms with E-state index in [4.69, 9.17) is 14.2 Å². The molecular weight excluding hydrogens is 602 g/mol. The number of rotatable bonds is 7. The van der Waals surface area contributed by atoms with Gasteiger partial charge in [-0.1, -0.05) is 43.3 Å². The number of carbonyl (C=O) groups excluding carboxylic acids is 3. The van der Waals surface area contributed by atoms with Crippen LogP contribution in [-0.2, 0) is 0 Å². The minimum Gasteiger partial charge on any atom is -0.487 e. The van der Waals surface area contributed by atoms with Gasteiger partial charge in [0.2, 0.25) is 6.79 Å². The Morgan fingerprint density at radius 1 is 0.936 bits per heavy atom. The predicted octanol–water partition coefficient (Wildman–Crippen LogP) is 5.60. The fourth-order valence-electron chi connectivity index (χ4n) is 5.68. The Balaban J connectivity index is 1.20. The number of amides is 5. The van der Waals surface area contributed by atoms with E-state index in [0.29, 0.717) is 34.3 Å². The molecule has 3 atom stereocenters. The first-order valence-corrected chi connectivity index (χ1v) is 15.4. The second-order valence-electron chi connectivity index (χ2n) is 11.8. The number of anilines is 3. The number of benzene rings is 4. The third-order valence-corrected chi connectivity index (χ3v) is 8.38. The lowest BCUT2D eigenvalue weighted by molar-refractivity contribution is 0.0371. The van der Waals surface area contributed by atoms with Crippen molar-refractivity contribution in [3.8, 4) is 17.2 Å². The average molecular weight is 640 g/mol. The maximum absolute atomic E-state index is 13.8. The normalized spacial score (nSPS) is 17.5. The molecule has 0 aromatic heterocycles. The van der Waals surface area contributed by atoms with Crippen LogP contribution < -0.4 is 30.2 Å². The number of ether oxygens (including phenoxy) is 3. The Morgan fingerprint density at radius 3 is 2.47 bits per heavy atom. The molecule has 0 saturated carbocycles. The maximum atomic E-state index is 13.8. The number of fused-ring (bicyclic) bond motifs is 3. The first kappa shape index (κ1) is 31.5. The van der Waals surface area contributed by atoms with E-state index >= 15 is 0 Å². The summed E-state index contributed by atoms with van der Waals surface area (Å²) in [7, 11) is 1.67. The molecule has 6 rings (SSSR count). The van der Waals surface area contributed by atoms with E-state index in [1.165, 1.54) is 4.90 Å². The van der Waals surface area contributed by atoms with Crippen molar-refractivity contribution in [2.45, 2.75) is 26.0 Å². The van der Waals surface area contributed by atoms with Crippen LogP contribution in [0.5, 0.6) is 17.2 Å². The van der Waals surface area contributed by atoms with Gasteiger partial charge in [-0.2, -0.15) is 0 Å². The monoisotopic (exact) mass is 639 g/mol. The molecule has 4 N–H and O–H groups in total. The SMILES string of the molecule is C[C@@H]1CN([C@@H](C)CO)C(=O)c2cc(NC(=O)Nc3cccc4ccccc34)ccc2O[C@@H]1CN(C)C(=O)Nc1ccc2c(c1)OCO2. The van der Waals surface area contributed by atoms with Gasteiger partial charge in [0.1, 0.15) is 11.9 Å². The summed E-state index contributed by atoms with van der Waals surface area (Å²) in [6.07, 6.45) is -0.504. The Hall–Kier alpha value is -5.49. The fraction of sp³-hybridized carbons (Fsp3) is 0.286. The first-order chi connectivity index (χ1) is 22.7. The molecule has 0 saturated heterocycles. The zero-order chi connectivity index (χ0) is 33.1. The van der Waals surface area contributed by atoms with E-state index < -0.39 is 18.2 Å². The van der Waals surface area contributed by atoms with Crippen LogP contribution in [0.25, 0.3) is 10.8 Å². The van der Waals surface area contributed by atoms with Gasteiger partial charge in [0, 0.05) is 42.3 Å². The van der Waals surface area contributed by atoms with Crippen molar-refractivity contribution in [1.29, 1.82) is 0 Å². The Kier molecular flexibility index (Phi) is 9.03. The molecule has 244 valence electrons. The molecule has 2 aliphatic rings. The van der Waals surface area contributed by atoms with Crippen molar-refractivity contribution in [3.63, 3.8) is 0 Å². The largest absolute Gasteiger partial charge is 0.487 e. The molecule has 0 spiro atoms. The van der Waals surface area contributed by atoms with E-state index in [9.17, 15) is 19.5 Å². The molecular formula is C35H37N5O7. The van der Waals surface area contributed by atoms with Crippen molar-refractivity contribution < 1.29 is 33.7 Å². The second kappa shape index (κ2) is 13.5. The second-order valence-corrected chi connectivity index (χ2v) is 11.8. The quantitative estimate of drug-likeness (QED) is 0.206. The van der Waals surface area contributed by atoms with Crippen molar-refractivity contribution in [2.24, 2.45) is 5.92 Å². The Morgan fingerprint density at radius 2 is 1.66 bits per heavy atom. The van der Waals surface area contributed by atoms with Gasteiger partial charge in [-0.3, -0.25) is 4.79 Å². The first-order valence-electron chi connectivity index (χ1n) is 15.4. The number of carbonyl (C=O) groups is 3. The topological polar surface area (TPSA) is 142 Å². The number of hydrogen-bond donors (Lipinski definition) is 4. The number of urea groups is 2. The molecule has 4 aromatic carbocycles. The molecule has 12 nitrogen and oxygen atoms in total. The van der Waals surface area contributed by atoms with Gasteiger partial charge in [0.05, 0.1) is 30.4 Å².